The lowest BCUT2D eigenvalue weighted by atomic mass is 10.1. The van der Waals surface area contributed by atoms with Gasteiger partial charge in [-0.1, -0.05) is 24.3 Å². The van der Waals surface area contributed by atoms with Crippen molar-refractivity contribution in [2.45, 2.75) is 13.0 Å². The molecule has 1 atom stereocenters. The fourth-order valence-corrected chi connectivity index (χ4v) is 1.79. The average Bonchev–Trinajstić information content (AvgIpc) is 2.47. The number of nitriles is 1. The second-order valence-electron chi connectivity index (χ2n) is 4.29. The Kier molecular flexibility index (Phi) is 4.17. The van der Waals surface area contributed by atoms with Crippen molar-refractivity contribution in [1.82, 2.24) is 5.32 Å². The van der Waals surface area contributed by atoms with E-state index in [2.05, 4.69) is 18.3 Å². The van der Waals surface area contributed by atoms with Crippen molar-refractivity contribution < 1.29 is 4.74 Å². The normalized spacial score (nSPS) is 11.6. The molecular weight excluding hydrogens is 236 g/mol. The van der Waals surface area contributed by atoms with E-state index in [1.807, 2.05) is 43.4 Å². The maximum atomic E-state index is 9.04. The number of para-hydroxylation sites is 1. The van der Waals surface area contributed by atoms with Gasteiger partial charge < -0.3 is 10.1 Å². The number of benzene rings is 2. The topological polar surface area (TPSA) is 45.0 Å². The molecule has 2 aromatic carbocycles. The summed E-state index contributed by atoms with van der Waals surface area (Å²) in [4.78, 5) is 0. The number of rotatable bonds is 4. The highest BCUT2D eigenvalue weighted by Gasteiger charge is 2.06. The zero-order valence-electron chi connectivity index (χ0n) is 11.1. The van der Waals surface area contributed by atoms with Gasteiger partial charge in [0, 0.05) is 6.04 Å². The number of nitrogens with one attached hydrogen (secondary N) is 1. The number of nitrogens with zero attached hydrogens (tertiary/aromatic N) is 1. The van der Waals surface area contributed by atoms with Crippen molar-refractivity contribution in [3.63, 3.8) is 0 Å². The van der Waals surface area contributed by atoms with E-state index in [1.165, 1.54) is 0 Å². The Balaban J connectivity index is 2.26. The van der Waals surface area contributed by atoms with Gasteiger partial charge in [0.1, 0.15) is 17.6 Å². The highest BCUT2D eigenvalue weighted by atomic mass is 16.5. The smallest absolute Gasteiger partial charge is 0.145 e. The predicted molar refractivity (Wildman–Crippen MR) is 75.1 cm³/mol. The summed E-state index contributed by atoms with van der Waals surface area (Å²) in [5.74, 6) is 1.32. The van der Waals surface area contributed by atoms with E-state index in [-0.39, 0.29) is 6.04 Å². The lowest BCUT2D eigenvalue weighted by Crippen LogP contribution is -2.12. The predicted octanol–water partition coefficient (Wildman–Crippen LogP) is 3.63. The molecule has 96 valence electrons. The fraction of sp³-hybridized carbons (Fsp3) is 0.188. The Labute approximate surface area is 113 Å². The van der Waals surface area contributed by atoms with Crippen LogP contribution >= 0.6 is 0 Å². The molecule has 0 bridgehead atoms. The van der Waals surface area contributed by atoms with Crippen LogP contribution in [0.1, 0.15) is 24.1 Å². The molecule has 0 saturated heterocycles. The minimum atomic E-state index is 0.259. The van der Waals surface area contributed by atoms with Crippen LogP contribution < -0.4 is 10.1 Å². The molecule has 2 aromatic rings. The molecule has 0 spiro atoms. The third-order valence-corrected chi connectivity index (χ3v) is 3.03. The van der Waals surface area contributed by atoms with Gasteiger partial charge in [-0.3, -0.25) is 0 Å². The van der Waals surface area contributed by atoms with Crippen LogP contribution in [0, 0.1) is 11.3 Å². The SMILES string of the molecule is CNC(C)c1cccc(Oc2ccccc2C#N)c1. The van der Waals surface area contributed by atoms with Gasteiger partial charge >= 0.3 is 0 Å². The first-order valence-electron chi connectivity index (χ1n) is 6.19. The number of hydrogen-bond acceptors (Lipinski definition) is 3. The molecule has 0 fully saturated rings. The van der Waals surface area contributed by atoms with Crippen LogP contribution in [0.25, 0.3) is 0 Å². The minimum Gasteiger partial charge on any atom is -0.456 e. The summed E-state index contributed by atoms with van der Waals surface area (Å²) in [5, 5.41) is 12.2. The molecule has 2 rings (SSSR count). The monoisotopic (exact) mass is 252 g/mol. The van der Waals surface area contributed by atoms with Crippen LogP contribution in [0.4, 0.5) is 0 Å². The summed E-state index contributed by atoms with van der Waals surface area (Å²) in [6, 6.07) is 17.5. The van der Waals surface area contributed by atoms with Gasteiger partial charge in [0.25, 0.3) is 0 Å². The Morgan fingerprint density at radius 2 is 1.95 bits per heavy atom. The molecule has 0 aliphatic heterocycles. The van der Waals surface area contributed by atoms with Gasteiger partial charge in [-0.15, -0.1) is 0 Å². The zero-order valence-corrected chi connectivity index (χ0v) is 11.1. The maximum absolute atomic E-state index is 9.04. The van der Waals surface area contributed by atoms with Crippen LogP contribution in [-0.2, 0) is 0 Å². The maximum Gasteiger partial charge on any atom is 0.145 e. The molecule has 0 aliphatic rings. The van der Waals surface area contributed by atoms with Gasteiger partial charge in [0.2, 0.25) is 0 Å². The molecular formula is C16H16N2O. The summed E-state index contributed by atoms with van der Waals surface area (Å²) in [6.45, 7) is 2.09. The molecule has 3 nitrogen and oxygen atoms in total. The van der Waals surface area contributed by atoms with Crippen LogP contribution in [-0.4, -0.2) is 7.05 Å². The van der Waals surface area contributed by atoms with Crippen molar-refractivity contribution >= 4 is 0 Å². The van der Waals surface area contributed by atoms with Gasteiger partial charge in [-0.05, 0) is 43.8 Å². The number of ether oxygens (including phenoxy) is 1. The molecule has 0 radical (unpaired) electrons. The largest absolute Gasteiger partial charge is 0.456 e. The summed E-state index contributed by atoms with van der Waals surface area (Å²) in [7, 11) is 1.92. The molecule has 19 heavy (non-hydrogen) atoms. The molecule has 0 aliphatic carbocycles. The van der Waals surface area contributed by atoms with Crippen molar-refractivity contribution in [1.29, 1.82) is 5.26 Å². The second-order valence-corrected chi connectivity index (χ2v) is 4.29. The first-order chi connectivity index (χ1) is 9.24. The van der Waals surface area contributed by atoms with Crippen LogP contribution in [0.2, 0.25) is 0 Å². The van der Waals surface area contributed by atoms with Crippen molar-refractivity contribution in [2.24, 2.45) is 0 Å². The second kappa shape index (κ2) is 6.03. The summed E-state index contributed by atoms with van der Waals surface area (Å²) < 4.78 is 5.79. The van der Waals surface area contributed by atoms with E-state index < -0.39 is 0 Å². The van der Waals surface area contributed by atoms with Gasteiger partial charge in [0.15, 0.2) is 0 Å². The molecule has 3 heteroatoms. The van der Waals surface area contributed by atoms with Crippen molar-refractivity contribution in [3.05, 3.63) is 59.7 Å². The Bertz CT molecular complexity index is 602. The van der Waals surface area contributed by atoms with E-state index >= 15 is 0 Å². The van der Waals surface area contributed by atoms with Gasteiger partial charge in [-0.25, -0.2) is 0 Å². The molecule has 1 N–H and O–H groups in total. The van der Waals surface area contributed by atoms with E-state index in [0.717, 1.165) is 11.3 Å². The molecule has 0 amide bonds. The fourth-order valence-electron chi connectivity index (χ4n) is 1.79. The third kappa shape index (κ3) is 3.12. The van der Waals surface area contributed by atoms with Crippen molar-refractivity contribution in [3.8, 4) is 17.6 Å². The van der Waals surface area contributed by atoms with Gasteiger partial charge in [0.05, 0.1) is 5.56 Å². The highest BCUT2D eigenvalue weighted by molar-refractivity contribution is 5.45. The molecule has 0 aromatic heterocycles. The highest BCUT2D eigenvalue weighted by Crippen LogP contribution is 2.26. The molecule has 0 heterocycles. The third-order valence-electron chi connectivity index (χ3n) is 3.03. The zero-order chi connectivity index (χ0) is 13.7. The lowest BCUT2D eigenvalue weighted by Gasteiger charge is -2.13. The van der Waals surface area contributed by atoms with E-state index in [0.29, 0.717) is 11.3 Å². The minimum absolute atomic E-state index is 0.259. The van der Waals surface area contributed by atoms with E-state index in [1.54, 1.807) is 12.1 Å². The first-order valence-corrected chi connectivity index (χ1v) is 6.19. The van der Waals surface area contributed by atoms with Crippen LogP contribution in [0.15, 0.2) is 48.5 Å². The first kappa shape index (κ1) is 13.1. The number of hydrogen-bond donors (Lipinski definition) is 1. The van der Waals surface area contributed by atoms with Crippen LogP contribution in [0.3, 0.4) is 0 Å². The summed E-state index contributed by atoms with van der Waals surface area (Å²) >= 11 is 0. The summed E-state index contributed by atoms with van der Waals surface area (Å²) in [5.41, 5.74) is 1.68. The van der Waals surface area contributed by atoms with Gasteiger partial charge in [-0.2, -0.15) is 5.26 Å². The van der Waals surface area contributed by atoms with Crippen molar-refractivity contribution in [2.75, 3.05) is 7.05 Å². The standard InChI is InChI=1S/C16H16N2O/c1-12(18-2)13-7-5-8-15(10-13)19-16-9-4-3-6-14(16)11-17/h3-10,12,18H,1-2H3. The molecule has 1 unspecified atom stereocenters. The average molecular weight is 252 g/mol. The van der Waals surface area contributed by atoms with E-state index in [4.69, 9.17) is 10.00 Å². The quantitative estimate of drug-likeness (QED) is 0.903. The molecule has 0 saturated carbocycles. The summed E-state index contributed by atoms with van der Waals surface area (Å²) in [6.07, 6.45) is 0. The Morgan fingerprint density at radius 3 is 2.68 bits per heavy atom. The lowest BCUT2D eigenvalue weighted by molar-refractivity contribution is 0.479. The van der Waals surface area contributed by atoms with E-state index in [9.17, 15) is 0 Å². The Hall–Kier alpha value is -2.31. The van der Waals surface area contributed by atoms with Crippen LogP contribution in [0.5, 0.6) is 11.5 Å². The Morgan fingerprint density at radius 1 is 1.16 bits per heavy atom.